The molecule has 2 nitrogen and oxygen atoms in total. The lowest BCUT2D eigenvalue weighted by Gasteiger charge is -2.32. The minimum atomic E-state index is 0.765. The molecule has 0 N–H and O–H groups in total. The fourth-order valence-electron chi connectivity index (χ4n) is 2.88. The van der Waals surface area contributed by atoms with E-state index in [-0.39, 0.29) is 0 Å². The molecule has 0 aromatic heterocycles. The van der Waals surface area contributed by atoms with E-state index < -0.39 is 0 Å². The highest BCUT2D eigenvalue weighted by Gasteiger charge is 2.23. The number of nitrogens with zero attached hydrogens (tertiary/aromatic N) is 2. The van der Waals surface area contributed by atoms with Crippen LogP contribution in [-0.4, -0.2) is 54.4 Å². The van der Waals surface area contributed by atoms with Crippen molar-refractivity contribution in [1.82, 2.24) is 9.80 Å². The highest BCUT2D eigenvalue weighted by atomic mass is 79.9. The third kappa shape index (κ3) is 5.27. The van der Waals surface area contributed by atoms with Crippen molar-refractivity contribution in [3.8, 4) is 0 Å². The van der Waals surface area contributed by atoms with Gasteiger partial charge in [0.2, 0.25) is 0 Å². The van der Waals surface area contributed by atoms with Crippen LogP contribution >= 0.6 is 15.9 Å². The molecule has 1 fully saturated rings. The van der Waals surface area contributed by atoms with E-state index in [1.54, 1.807) is 0 Å². The maximum Gasteiger partial charge on any atom is 0.0220 e. The van der Waals surface area contributed by atoms with Gasteiger partial charge in [-0.05, 0) is 45.3 Å². The maximum absolute atomic E-state index is 3.68. The Hall–Kier alpha value is 0.400. The summed E-state index contributed by atoms with van der Waals surface area (Å²) in [7, 11) is 2.26. The second-order valence-electron chi connectivity index (χ2n) is 5.48. The summed E-state index contributed by atoms with van der Waals surface area (Å²) in [6, 6.07) is 0.765. The van der Waals surface area contributed by atoms with E-state index in [1.807, 2.05) is 0 Å². The lowest BCUT2D eigenvalue weighted by molar-refractivity contribution is 0.160. The fourth-order valence-corrected chi connectivity index (χ4v) is 3.41. The van der Waals surface area contributed by atoms with E-state index in [0.717, 1.165) is 17.3 Å². The molecule has 0 spiro atoms. The zero-order valence-electron chi connectivity index (χ0n) is 11.8. The smallest absolute Gasteiger partial charge is 0.0220 e. The van der Waals surface area contributed by atoms with Crippen molar-refractivity contribution < 1.29 is 0 Å². The van der Waals surface area contributed by atoms with Crippen LogP contribution in [0.15, 0.2) is 0 Å². The molecule has 3 heteroatoms. The van der Waals surface area contributed by atoms with Crippen molar-refractivity contribution in [3.05, 3.63) is 0 Å². The molecule has 1 rings (SSSR count). The minimum Gasteiger partial charge on any atom is -0.305 e. The second kappa shape index (κ2) is 8.49. The van der Waals surface area contributed by atoms with Gasteiger partial charge in [0.15, 0.2) is 0 Å². The normalized spacial score (nSPS) is 25.8. The van der Waals surface area contributed by atoms with Gasteiger partial charge in [-0.2, -0.15) is 0 Å². The molecule has 0 bridgehead atoms. The molecular weight excluding hydrogens is 276 g/mol. The van der Waals surface area contributed by atoms with Gasteiger partial charge < -0.3 is 4.90 Å². The standard InChI is InChI=1S/C14H29BrN2/c1-4-7-13(10-15)11-17-9-6-8-16(3)12-14(17)5-2/h13-14H,4-12H2,1-3H3. The summed E-state index contributed by atoms with van der Waals surface area (Å²) >= 11 is 3.68. The summed E-state index contributed by atoms with van der Waals surface area (Å²) in [5, 5.41) is 1.16. The number of alkyl halides is 1. The largest absolute Gasteiger partial charge is 0.305 e. The second-order valence-corrected chi connectivity index (χ2v) is 6.13. The lowest BCUT2D eigenvalue weighted by atomic mass is 10.0. The van der Waals surface area contributed by atoms with E-state index >= 15 is 0 Å². The van der Waals surface area contributed by atoms with Crippen LogP contribution in [0.2, 0.25) is 0 Å². The summed E-state index contributed by atoms with van der Waals surface area (Å²) in [5.41, 5.74) is 0. The van der Waals surface area contributed by atoms with E-state index in [9.17, 15) is 0 Å². The van der Waals surface area contributed by atoms with Gasteiger partial charge in [0, 0.05) is 24.5 Å². The number of likely N-dealkylation sites (N-methyl/N-ethyl adjacent to an activating group) is 1. The molecule has 1 aliphatic heterocycles. The monoisotopic (exact) mass is 304 g/mol. The Morgan fingerprint density at radius 2 is 2.06 bits per heavy atom. The average Bonchev–Trinajstić information content (AvgIpc) is 2.50. The first kappa shape index (κ1) is 15.5. The molecule has 1 aliphatic rings. The molecule has 102 valence electrons. The third-order valence-electron chi connectivity index (χ3n) is 3.90. The first-order valence-electron chi connectivity index (χ1n) is 7.19. The number of hydrogen-bond donors (Lipinski definition) is 0. The van der Waals surface area contributed by atoms with Crippen molar-refractivity contribution in [2.24, 2.45) is 5.92 Å². The highest BCUT2D eigenvalue weighted by molar-refractivity contribution is 9.09. The molecule has 0 radical (unpaired) electrons. The molecule has 0 aliphatic carbocycles. The third-order valence-corrected chi connectivity index (χ3v) is 4.82. The molecule has 0 aromatic carbocycles. The predicted octanol–water partition coefficient (Wildman–Crippen LogP) is 3.21. The molecule has 2 unspecified atom stereocenters. The Bertz CT molecular complexity index is 199. The topological polar surface area (TPSA) is 6.48 Å². The summed E-state index contributed by atoms with van der Waals surface area (Å²) in [4.78, 5) is 5.24. The van der Waals surface area contributed by atoms with Crippen LogP contribution in [0.4, 0.5) is 0 Å². The quantitative estimate of drug-likeness (QED) is 0.695. The van der Waals surface area contributed by atoms with Gasteiger partial charge in [-0.3, -0.25) is 4.90 Å². The Morgan fingerprint density at radius 3 is 2.65 bits per heavy atom. The van der Waals surface area contributed by atoms with Gasteiger partial charge >= 0.3 is 0 Å². The number of hydrogen-bond acceptors (Lipinski definition) is 2. The zero-order valence-corrected chi connectivity index (χ0v) is 13.4. The summed E-state index contributed by atoms with van der Waals surface area (Å²) in [5.74, 6) is 0.831. The van der Waals surface area contributed by atoms with E-state index in [0.29, 0.717) is 0 Å². The first-order chi connectivity index (χ1) is 8.21. The van der Waals surface area contributed by atoms with Crippen molar-refractivity contribution in [2.45, 2.75) is 45.6 Å². The summed E-state index contributed by atoms with van der Waals surface area (Å²) < 4.78 is 0. The molecule has 2 atom stereocenters. The summed E-state index contributed by atoms with van der Waals surface area (Å²) in [6.45, 7) is 9.71. The van der Waals surface area contributed by atoms with E-state index in [1.165, 1.54) is 51.9 Å². The van der Waals surface area contributed by atoms with Crippen LogP contribution in [0.1, 0.15) is 39.5 Å². The molecule has 17 heavy (non-hydrogen) atoms. The van der Waals surface area contributed by atoms with Crippen LogP contribution < -0.4 is 0 Å². The molecule has 0 aromatic rings. The number of halogens is 1. The first-order valence-corrected chi connectivity index (χ1v) is 8.31. The minimum absolute atomic E-state index is 0.765. The molecular formula is C14H29BrN2. The molecule has 1 saturated heterocycles. The zero-order chi connectivity index (χ0) is 12.7. The van der Waals surface area contributed by atoms with E-state index in [4.69, 9.17) is 0 Å². The van der Waals surface area contributed by atoms with Crippen LogP contribution in [-0.2, 0) is 0 Å². The Balaban J connectivity index is 2.52. The predicted molar refractivity (Wildman–Crippen MR) is 80.0 cm³/mol. The maximum atomic E-state index is 3.68. The Labute approximate surface area is 116 Å². The van der Waals surface area contributed by atoms with E-state index in [2.05, 4.69) is 46.6 Å². The molecule has 0 saturated carbocycles. The molecule has 1 heterocycles. The van der Waals surface area contributed by atoms with Crippen molar-refractivity contribution >= 4 is 15.9 Å². The number of rotatable bonds is 6. The van der Waals surface area contributed by atoms with Crippen LogP contribution in [0, 0.1) is 5.92 Å². The van der Waals surface area contributed by atoms with Gasteiger partial charge in [0.25, 0.3) is 0 Å². The van der Waals surface area contributed by atoms with Crippen LogP contribution in [0.25, 0.3) is 0 Å². The summed E-state index contributed by atoms with van der Waals surface area (Å²) in [6.07, 6.45) is 5.27. The fraction of sp³-hybridized carbons (Fsp3) is 1.00. The highest BCUT2D eigenvalue weighted by Crippen LogP contribution is 2.18. The average molecular weight is 305 g/mol. The van der Waals surface area contributed by atoms with Crippen molar-refractivity contribution in [1.29, 1.82) is 0 Å². The van der Waals surface area contributed by atoms with Gasteiger partial charge in [-0.15, -0.1) is 0 Å². The Morgan fingerprint density at radius 1 is 1.29 bits per heavy atom. The van der Waals surface area contributed by atoms with Crippen LogP contribution in [0.3, 0.4) is 0 Å². The van der Waals surface area contributed by atoms with Gasteiger partial charge in [0.05, 0.1) is 0 Å². The van der Waals surface area contributed by atoms with Gasteiger partial charge in [-0.25, -0.2) is 0 Å². The van der Waals surface area contributed by atoms with Crippen molar-refractivity contribution in [2.75, 3.05) is 38.6 Å². The molecule has 0 amide bonds. The lowest BCUT2D eigenvalue weighted by Crippen LogP contribution is -2.42. The Kier molecular flexibility index (Phi) is 7.72. The van der Waals surface area contributed by atoms with Crippen LogP contribution in [0.5, 0.6) is 0 Å². The van der Waals surface area contributed by atoms with Gasteiger partial charge in [-0.1, -0.05) is 36.2 Å². The SMILES string of the molecule is CCCC(CBr)CN1CCCN(C)CC1CC. The van der Waals surface area contributed by atoms with Gasteiger partial charge in [0.1, 0.15) is 0 Å². The van der Waals surface area contributed by atoms with Crippen molar-refractivity contribution in [3.63, 3.8) is 0 Å².